The highest BCUT2D eigenvalue weighted by Crippen LogP contribution is 2.42. The highest BCUT2D eigenvalue weighted by Gasteiger charge is 2.24. The maximum absolute atomic E-state index is 6.70. The van der Waals surface area contributed by atoms with E-state index in [2.05, 4.69) is 192 Å². The van der Waals surface area contributed by atoms with E-state index in [0.29, 0.717) is 5.92 Å². The number of hydrogen-bond acceptors (Lipinski definition) is 1. The molecule has 0 N–H and O–H groups in total. The van der Waals surface area contributed by atoms with Gasteiger partial charge in [0, 0.05) is 54.6 Å². The number of benzene rings is 7. The van der Waals surface area contributed by atoms with Crippen LogP contribution in [0.4, 0.5) is 0 Å². The lowest BCUT2D eigenvalue weighted by Gasteiger charge is -2.27. The van der Waals surface area contributed by atoms with Gasteiger partial charge in [-0.25, -0.2) is 0 Å². The largest absolute Gasteiger partial charge is 0.455 e. The topological polar surface area (TPSA) is 23.0 Å². The average Bonchev–Trinajstić information content (AvgIpc) is 3.86. The molecule has 0 radical (unpaired) electrons. The van der Waals surface area contributed by atoms with Gasteiger partial charge in [0.1, 0.15) is 11.2 Å². The summed E-state index contributed by atoms with van der Waals surface area (Å²) in [7, 11) is 0. The van der Waals surface area contributed by atoms with E-state index in [1.54, 1.807) is 0 Å². The Hall–Kier alpha value is -6.58. The van der Waals surface area contributed by atoms with Crippen molar-refractivity contribution in [1.29, 1.82) is 0 Å². The minimum atomic E-state index is 0.190. The number of furan rings is 1. The third kappa shape index (κ3) is 4.26. The van der Waals surface area contributed by atoms with Crippen molar-refractivity contribution in [3.05, 3.63) is 182 Å². The molecule has 3 nitrogen and oxygen atoms in total. The second-order valence-corrected chi connectivity index (χ2v) is 14.2. The molecule has 246 valence electrons. The van der Waals surface area contributed by atoms with E-state index < -0.39 is 0 Å². The van der Waals surface area contributed by atoms with Crippen molar-refractivity contribution in [2.75, 3.05) is 0 Å². The fourth-order valence-electron chi connectivity index (χ4n) is 8.76. The number of allylic oxidation sites excluding steroid dienone is 4. The van der Waals surface area contributed by atoms with Crippen LogP contribution in [0.15, 0.2) is 180 Å². The van der Waals surface area contributed by atoms with Crippen LogP contribution in [0.2, 0.25) is 0 Å². The molecule has 1 aliphatic rings. The number of aromatic nitrogens is 2. The minimum absolute atomic E-state index is 0.190. The summed E-state index contributed by atoms with van der Waals surface area (Å²) in [6.45, 7) is 2.32. The maximum Gasteiger partial charge on any atom is 0.143 e. The molecule has 0 fully saturated rings. The molecule has 2 atom stereocenters. The molecule has 7 aromatic carbocycles. The molecule has 0 aliphatic heterocycles. The van der Waals surface area contributed by atoms with Crippen molar-refractivity contribution >= 4 is 71.1 Å². The van der Waals surface area contributed by atoms with E-state index in [4.69, 9.17) is 4.42 Å². The van der Waals surface area contributed by atoms with Gasteiger partial charge in [-0.15, -0.1) is 0 Å². The SMILES string of the molecule is CC1C=CC(c2ccc3oc4c(-c5cccc(-n6c7ccccc7c7ccccc76)c5)cccc4c3c2)=CC1n1c2ccccc2c2ccccc21. The van der Waals surface area contributed by atoms with Crippen molar-refractivity contribution in [3.8, 4) is 16.8 Å². The Bertz CT molecular complexity index is 3000. The molecule has 10 aromatic rings. The molecule has 1 aliphatic carbocycles. The Morgan fingerprint density at radius 3 is 1.79 bits per heavy atom. The van der Waals surface area contributed by atoms with E-state index >= 15 is 0 Å². The Morgan fingerprint density at radius 2 is 1.10 bits per heavy atom. The van der Waals surface area contributed by atoms with Crippen LogP contribution in [0, 0.1) is 5.92 Å². The zero-order valence-electron chi connectivity index (χ0n) is 28.7. The molecule has 3 heterocycles. The van der Waals surface area contributed by atoms with Crippen molar-refractivity contribution in [2.45, 2.75) is 13.0 Å². The fraction of sp³-hybridized carbons (Fsp3) is 0.0612. The third-order valence-corrected chi connectivity index (χ3v) is 11.2. The average molecular weight is 667 g/mol. The summed E-state index contributed by atoms with van der Waals surface area (Å²) >= 11 is 0. The lowest BCUT2D eigenvalue weighted by molar-refractivity contribution is 0.512. The van der Waals surface area contributed by atoms with E-state index in [1.165, 1.54) is 54.7 Å². The summed E-state index contributed by atoms with van der Waals surface area (Å²) in [5, 5.41) is 7.39. The van der Waals surface area contributed by atoms with E-state index in [1.807, 2.05) is 0 Å². The maximum atomic E-state index is 6.70. The predicted molar refractivity (Wildman–Crippen MR) is 218 cm³/mol. The van der Waals surface area contributed by atoms with Crippen LogP contribution in [0.25, 0.3) is 87.9 Å². The highest BCUT2D eigenvalue weighted by molar-refractivity contribution is 6.12. The van der Waals surface area contributed by atoms with Gasteiger partial charge >= 0.3 is 0 Å². The molecule has 0 spiro atoms. The molecule has 0 amide bonds. The molecule has 0 saturated carbocycles. The Balaban J connectivity index is 1.02. The minimum Gasteiger partial charge on any atom is -0.455 e. The summed E-state index contributed by atoms with van der Waals surface area (Å²) in [5.74, 6) is 0.349. The normalized spacial score (nSPS) is 16.2. The van der Waals surface area contributed by atoms with Crippen LogP contribution in [-0.4, -0.2) is 9.13 Å². The smallest absolute Gasteiger partial charge is 0.143 e. The number of fused-ring (bicyclic) bond motifs is 9. The fourth-order valence-corrected chi connectivity index (χ4v) is 8.76. The van der Waals surface area contributed by atoms with E-state index in [-0.39, 0.29) is 6.04 Å². The molecule has 0 bridgehead atoms. The first kappa shape index (κ1) is 29.2. The van der Waals surface area contributed by atoms with Crippen LogP contribution in [0.3, 0.4) is 0 Å². The Morgan fingerprint density at radius 1 is 0.500 bits per heavy atom. The molecule has 3 aromatic heterocycles. The van der Waals surface area contributed by atoms with Gasteiger partial charge in [0.25, 0.3) is 0 Å². The third-order valence-electron chi connectivity index (χ3n) is 11.2. The van der Waals surface area contributed by atoms with Crippen molar-refractivity contribution in [3.63, 3.8) is 0 Å². The lowest BCUT2D eigenvalue weighted by atomic mass is 9.89. The van der Waals surface area contributed by atoms with Gasteiger partial charge in [-0.3, -0.25) is 0 Å². The molecule has 3 heteroatoms. The summed E-state index contributed by atoms with van der Waals surface area (Å²) in [6.07, 6.45) is 7.12. The van der Waals surface area contributed by atoms with Crippen molar-refractivity contribution in [1.82, 2.24) is 9.13 Å². The van der Waals surface area contributed by atoms with Crippen LogP contribution >= 0.6 is 0 Å². The molecule has 52 heavy (non-hydrogen) atoms. The van der Waals surface area contributed by atoms with Gasteiger partial charge in [-0.2, -0.15) is 0 Å². The van der Waals surface area contributed by atoms with Crippen molar-refractivity contribution < 1.29 is 4.42 Å². The number of nitrogens with zero attached hydrogens (tertiary/aromatic N) is 2. The standard InChI is InChI=1S/C49H34N2O/c1-31-24-25-33(30-47(31)51-45-22-8-4-16-39(45)40-17-5-9-23-46(40)51)32-26-27-48-42(29-32)41-19-11-18-36(49(41)52-48)34-12-10-13-35(28-34)50-43-20-6-2-14-37(43)38-15-3-7-21-44(38)50/h2-31,47H,1H3. The van der Waals surface area contributed by atoms with Crippen LogP contribution in [0.1, 0.15) is 18.5 Å². The first-order valence-electron chi connectivity index (χ1n) is 18.1. The second-order valence-electron chi connectivity index (χ2n) is 14.2. The quantitative estimate of drug-likeness (QED) is 0.183. The van der Waals surface area contributed by atoms with Gasteiger partial charge in [0.05, 0.1) is 17.1 Å². The van der Waals surface area contributed by atoms with Gasteiger partial charge < -0.3 is 13.6 Å². The molecule has 2 unspecified atom stereocenters. The number of rotatable bonds is 4. The summed E-state index contributed by atoms with van der Waals surface area (Å²) < 4.78 is 11.6. The summed E-state index contributed by atoms with van der Waals surface area (Å²) in [6, 6.07) is 57.2. The highest BCUT2D eigenvalue weighted by atomic mass is 16.3. The monoisotopic (exact) mass is 666 g/mol. The second kappa shape index (κ2) is 11.2. The Labute approximate surface area is 300 Å². The summed E-state index contributed by atoms with van der Waals surface area (Å²) in [4.78, 5) is 0. The zero-order valence-corrected chi connectivity index (χ0v) is 28.7. The number of para-hydroxylation sites is 5. The van der Waals surface area contributed by atoms with E-state index in [9.17, 15) is 0 Å². The molecule has 11 rings (SSSR count). The molecular weight excluding hydrogens is 633 g/mol. The predicted octanol–water partition coefficient (Wildman–Crippen LogP) is 13.3. The first-order valence-corrected chi connectivity index (χ1v) is 18.1. The van der Waals surface area contributed by atoms with Gasteiger partial charge in [0.15, 0.2) is 0 Å². The summed E-state index contributed by atoms with van der Waals surface area (Å²) in [5.41, 5.74) is 12.6. The first-order chi connectivity index (χ1) is 25.7. The molecular formula is C49H34N2O. The zero-order chi connectivity index (χ0) is 34.3. The Kier molecular flexibility index (Phi) is 6.29. The lowest BCUT2D eigenvalue weighted by Crippen LogP contribution is -2.16. The van der Waals surface area contributed by atoms with Crippen LogP contribution in [0.5, 0.6) is 0 Å². The number of hydrogen-bond donors (Lipinski definition) is 0. The van der Waals surface area contributed by atoms with Gasteiger partial charge in [-0.1, -0.05) is 134 Å². The molecule has 0 saturated heterocycles. The van der Waals surface area contributed by atoms with Crippen LogP contribution < -0.4 is 0 Å². The van der Waals surface area contributed by atoms with Gasteiger partial charge in [0.2, 0.25) is 0 Å². The van der Waals surface area contributed by atoms with E-state index in [0.717, 1.165) is 38.8 Å². The van der Waals surface area contributed by atoms with Gasteiger partial charge in [-0.05, 0) is 71.1 Å². The van der Waals surface area contributed by atoms with Crippen molar-refractivity contribution in [2.24, 2.45) is 5.92 Å². The van der Waals surface area contributed by atoms with Crippen LogP contribution in [-0.2, 0) is 0 Å².